The van der Waals surface area contributed by atoms with Crippen LogP contribution >= 0.6 is 0 Å². The number of carbonyl (C=O) groups is 4. The summed E-state index contributed by atoms with van der Waals surface area (Å²) in [6, 6.07) is -2.07. The molecule has 188 valence electrons. The van der Waals surface area contributed by atoms with Crippen LogP contribution in [0.3, 0.4) is 0 Å². The number of hydrogen-bond acceptors (Lipinski definition) is 5. The predicted octanol–water partition coefficient (Wildman–Crippen LogP) is 0.133. The number of aliphatic imine (C=N–C) groups is 1. The summed E-state index contributed by atoms with van der Waals surface area (Å²) in [5, 5.41) is 23.1. The molecule has 0 bridgehead atoms. The minimum Gasteiger partial charge on any atom is -0.480 e. The Morgan fingerprint density at radius 1 is 1.12 bits per heavy atom. The van der Waals surface area contributed by atoms with Crippen molar-refractivity contribution < 1.29 is 24.3 Å². The van der Waals surface area contributed by atoms with Crippen LogP contribution in [0, 0.1) is 5.92 Å². The van der Waals surface area contributed by atoms with Gasteiger partial charge in [0, 0.05) is 26.6 Å². The molecule has 0 saturated carbocycles. The highest BCUT2D eigenvalue weighted by molar-refractivity contribution is 5.95. The summed E-state index contributed by atoms with van der Waals surface area (Å²) in [6.07, 6.45) is 2.59. The van der Waals surface area contributed by atoms with Crippen LogP contribution in [0.2, 0.25) is 0 Å². The number of carboxylic acid groups (broad SMARTS) is 1. The first kappa shape index (κ1) is 29.9. The van der Waals surface area contributed by atoms with Crippen LogP contribution in [0.4, 0.5) is 0 Å². The summed E-state index contributed by atoms with van der Waals surface area (Å²) in [5.74, 6) is -2.39. The number of carbonyl (C=O) groups excluding carboxylic acids is 3. The number of nitrogens with zero attached hydrogens (tertiary/aromatic N) is 1. The zero-order valence-electron chi connectivity index (χ0n) is 20.6. The SMILES string of the molecule is C=CC[C@@](C)(NC(=O)C(C)C)C(=O)N[C@@H](CCCN/C(=N/C)NC)C(=O)N[C@@H](CC)C(=O)O. The summed E-state index contributed by atoms with van der Waals surface area (Å²) in [4.78, 5) is 53.6. The van der Waals surface area contributed by atoms with Gasteiger partial charge in [-0.25, -0.2) is 4.79 Å². The van der Waals surface area contributed by atoms with Crippen molar-refractivity contribution >= 4 is 29.7 Å². The van der Waals surface area contributed by atoms with Gasteiger partial charge in [-0.15, -0.1) is 6.58 Å². The highest BCUT2D eigenvalue weighted by Crippen LogP contribution is 2.14. The first-order valence-corrected chi connectivity index (χ1v) is 11.1. The third-order valence-corrected chi connectivity index (χ3v) is 5.04. The van der Waals surface area contributed by atoms with Crippen molar-refractivity contribution in [3.63, 3.8) is 0 Å². The van der Waals surface area contributed by atoms with Gasteiger partial charge in [-0.2, -0.15) is 0 Å². The van der Waals surface area contributed by atoms with E-state index < -0.39 is 35.4 Å². The molecule has 0 radical (unpaired) electrons. The van der Waals surface area contributed by atoms with Crippen molar-refractivity contribution in [1.82, 2.24) is 26.6 Å². The van der Waals surface area contributed by atoms with E-state index >= 15 is 0 Å². The van der Waals surface area contributed by atoms with Crippen molar-refractivity contribution in [1.29, 1.82) is 0 Å². The molecule has 6 N–H and O–H groups in total. The van der Waals surface area contributed by atoms with Crippen molar-refractivity contribution in [2.45, 2.75) is 71.0 Å². The van der Waals surface area contributed by atoms with E-state index in [1.165, 1.54) is 6.08 Å². The molecule has 0 aromatic rings. The van der Waals surface area contributed by atoms with Gasteiger partial charge in [0.25, 0.3) is 0 Å². The standard InChI is InChI=1S/C22H40N6O5/c1-8-12-22(5,28-17(29)14(3)4)20(33)27-16(11-10-13-25-21(23-6)24-7)18(30)26-15(9-2)19(31)32/h8,14-16H,1,9-13H2,2-7H3,(H,26,30)(H,27,33)(H,28,29)(H,31,32)(H2,23,24,25)/t15-,16-,22+/m0/s1. The number of amides is 3. The maximum atomic E-state index is 13.1. The van der Waals surface area contributed by atoms with Gasteiger partial charge in [-0.1, -0.05) is 26.8 Å². The zero-order valence-corrected chi connectivity index (χ0v) is 20.6. The van der Waals surface area contributed by atoms with Crippen molar-refractivity contribution in [3.8, 4) is 0 Å². The van der Waals surface area contributed by atoms with Gasteiger partial charge in [0.2, 0.25) is 17.7 Å². The molecule has 3 atom stereocenters. The van der Waals surface area contributed by atoms with Crippen molar-refractivity contribution in [3.05, 3.63) is 12.7 Å². The van der Waals surface area contributed by atoms with E-state index in [1.54, 1.807) is 41.8 Å². The first-order chi connectivity index (χ1) is 15.4. The lowest BCUT2D eigenvalue weighted by atomic mass is 9.94. The highest BCUT2D eigenvalue weighted by atomic mass is 16.4. The third-order valence-electron chi connectivity index (χ3n) is 5.04. The van der Waals surface area contributed by atoms with Gasteiger partial charge in [-0.3, -0.25) is 19.4 Å². The fraction of sp³-hybridized carbons (Fsp3) is 0.682. The lowest BCUT2D eigenvalue weighted by Crippen LogP contribution is -2.61. The largest absolute Gasteiger partial charge is 0.480 e. The van der Waals surface area contributed by atoms with E-state index in [2.05, 4.69) is 38.2 Å². The van der Waals surface area contributed by atoms with Gasteiger partial charge in [0.1, 0.15) is 17.6 Å². The number of hydrogen-bond donors (Lipinski definition) is 6. The molecule has 0 fully saturated rings. The summed E-state index contributed by atoms with van der Waals surface area (Å²) >= 11 is 0. The van der Waals surface area contributed by atoms with E-state index in [1.807, 2.05) is 0 Å². The van der Waals surface area contributed by atoms with Crippen LogP contribution in [0.15, 0.2) is 17.6 Å². The molecule has 33 heavy (non-hydrogen) atoms. The molecular formula is C22H40N6O5. The smallest absolute Gasteiger partial charge is 0.326 e. The number of aliphatic carboxylic acids is 1. The first-order valence-electron chi connectivity index (χ1n) is 11.1. The topological polar surface area (TPSA) is 161 Å². The van der Waals surface area contributed by atoms with Gasteiger partial charge in [0.05, 0.1) is 0 Å². The Balaban J connectivity index is 5.54. The van der Waals surface area contributed by atoms with Crippen LogP contribution < -0.4 is 26.6 Å². The average molecular weight is 469 g/mol. The fourth-order valence-electron chi connectivity index (χ4n) is 2.89. The molecule has 0 heterocycles. The Bertz CT molecular complexity index is 724. The van der Waals surface area contributed by atoms with Gasteiger partial charge in [-0.05, 0) is 32.6 Å². The quantitative estimate of drug-likeness (QED) is 0.0914. The Morgan fingerprint density at radius 2 is 1.76 bits per heavy atom. The predicted molar refractivity (Wildman–Crippen MR) is 128 cm³/mol. The van der Waals surface area contributed by atoms with E-state index in [0.717, 1.165) is 0 Å². The van der Waals surface area contributed by atoms with Crippen molar-refractivity contribution in [2.75, 3.05) is 20.6 Å². The second-order valence-electron chi connectivity index (χ2n) is 8.19. The minimum absolute atomic E-state index is 0.151. The minimum atomic E-state index is -1.31. The lowest BCUT2D eigenvalue weighted by Gasteiger charge is -2.31. The number of guanidine groups is 1. The van der Waals surface area contributed by atoms with Crippen LogP contribution in [0.25, 0.3) is 0 Å². The van der Waals surface area contributed by atoms with E-state index in [-0.39, 0.29) is 31.1 Å². The van der Waals surface area contributed by atoms with Crippen LogP contribution in [0.5, 0.6) is 0 Å². The fourth-order valence-corrected chi connectivity index (χ4v) is 2.89. The monoisotopic (exact) mass is 468 g/mol. The maximum Gasteiger partial charge on any atom is 0.326 e. The number of carboxylic acids is 1. The number of rotatable bonds is 14. The summed E-state index contributed by atoms with van der Waals surface area (Å²) in [6.45, 7) is 10.7. The second-order valence-corrected chi connectivity index (χ2v) is 8.19. The Hall–Kier alpha value is -3.11. The Morgan fingerprint density at radius 3 is 2.21 bits per heavy atom. The molecule has 0 unspecified atom stereocenters. The maximum absolute atomic E-state index is 13.1. The summed E-state index contributed by atoms with van der Waals surface area (Å²) in [7, 11) is 3.34. The molecule has 11 nitrogen and oxygen atoms in total. The molecule has 0 aliphatic heterocycles. The molecule has 0 aromatic carbocycles. The molecule has 0 spiro atoms. The van der Waals surface area contributed by atoms with Crippen LogP contribution in [-0.4, -0.2) is 73.0 Å². The Kier molecular flexibility index (Phi) is 13.5. The normalized spacial score (nSPS) is 14.9. The third kappa shape index (κ3) is 10.4. The molecule has 11 heteroatoms. The van der Waals surface area contributed by atoms with Crippen LogP contribution in [0.1, 0.15) is 53.4 Å². The van der Waals surface area contributed by atoms with Gasteiger partial charge in [0.15, 0.2) is 5.96 Å². The Labute approximate surface area is 196 Å². The average Bonchev–Trinajstić information content (AvgIpc) is 2.76. The van der Waals surface area contributed by atoms with E-state index in [9.17, 15) is 24.3 Å². The molecule has 3 amide bonds. The van der Waals surface area contributed by atoms with Gasteiger partial charge >= 0.3 is 5.97 Å². The number of nitrogens with one attached hydrogen (secondary N) is 5. The molecule has 0 aromatic heterocycles. The van der Waals surface area contributed by atoms with Crippen LogP contribution in [-0.2, 0) is 19.2 Å². The van der Waals surface area contributed by atoms with Crippen molar-refractivity contribution in [2.24, 2.45) is 10.9 Å². The molecule has 0 aliphatic carbocycles. The molecule has 0 rings (SSSR count). The molecule has 0 saturated heterocycles. The lowest BCUT2D eigenvalue weighted by molar-refractivity contribution is -0.142. The van der Waals surface area contributed by atoms with E-state index in [0.29, 0.717) is 18.9 Å². The summed E-state index contributed by atoms with van der Waals surface area (Å²) in [5.41, 5.74) is -1.31. The second kappa shape index (κ2) is 14.9. The molecular weight excluding hydrogens is 428 g/mol. The van der Waals surface area contributed by atoms with Gasteiger partial charge < -0.3 is 31.7 Å². The molecule has 0 aliphatic rings. The zero-order chi connectivity index (χ0) is 25.6. The van der Waals surface area contributed by atoms with E-state index in [4.69, 9.17) is 0 Å². The highest BCUT2D eigenvalue weighted by Gasteiger charge is 2.37. The summed E-state index contributed by atoms with van der Waals surface area (Å²) < 4.78 is 0.